The van der Waals surface area contributed by atoms with Gasteiger partial charge in [-0.25, -0.2) is 0 Å². The average molecular weight is 337 g/mol. The molecule has 1 unspecified atom stereocenters. The van der Waals surface area contributed by atoms with Crippen molar-refractivity contribution in [1.82, 2.24) is 0 Å². The molecule has 4 rings (SSSR count). The molecule has 1 atom stereocenters. The van der Waals surface area contributed by atoms with Crippen LogP contribution in [-0.4, -0.2) is 8.07 Å². The first-order valence-corrected chi connectivity index (χ1v) is 12.7. The van der Waals surface area contributed by atoms with Gasteiger partial charge in [-0.1, -0.05) is 56.4 Å². The van der Waals surface area contributed by atoms with Crippen LogP contribution in [0.1, 0.15) is 31.9 Å². The maximum absolute atomic E-state index is 2.52. The number of hydrogen-bond acceptors (Lipinski definition) is 1. The SMILES string of the molecule is CC1=C(C)C(C)([Si](C)(C)C)c2c1ccc1sc3ccccc3c21. The van der Waals surface area contributed by atoms with Crippen molar-refractivity contribution in [2.45, 2.75) is 45.5 Å². The van der Waals surface area contributed by atoms with Gasteiger partial charge in [-0.2, -0.15) is 0 Å². The van der Waals surface area contributed by atoms with Gasteiger partial charge < -0.3 is 0 Å². The van der Waals surface area contributed by atoms with Gasteiger partial charge in [0.15, 0.2) is 0 Å². The number of allylic oxidation sites excluding steroid dienone is 2. The van der Waals surface area contributed by atoms with E-state index in [4.69, 9.17) is 0 Å². The second kappa shape index (κ2) is 4.58. The molecular weight excluding hydrogens is 312 g/mol. The summed E-state index contributed by atoms with van der Waals surface area (Å²) in [4.78, 5) is 0. The zero-order chi connectivity index (χ0) is 16.6. The minimum atomic E-state index is -1.44. The third kappa shape index (κ3) is 1.77. The molecule has 1 aliphatic carbocycles. The highest BCUT2D eigenvalue weighted by molar-refractivity contribution is 7.25. The molecule has 0 saturated carbocycles. The van der Waals surface area contributed by atoms with E-state index in [0.29, 0.717) is 0 Å². The van der Waals surface area contributed by atoms with E-state index in [2.05, 4.69) is 76.8 Å². The zero-order valence-electron chi connectivity index (χ0n) is 14.9. The quantitative estimate of drug-likeness (QED) is 0.420. The molecule has 0 nitrogen and oxygen atoms in total. The molecule has 0 bridgehead atoms. The van der Waals surface area contributed by atoms with Gasteiger partial charge in [-0.3, -0.25) is 0 Å². The van der Waals surface area contributed by atoms with Crippen LogP contribution in [0.25, 0.3) is 25.7 Å². The lowest BCUT2D eigenvalue weighted by Crippen LogP contribution is -2.47. The molecule has 0 saturated heterocycles. The van der Waals surface area contributed by atoms with E-state index in [0.717, 1.165) is 0 Å². The highest BCUT2D eigenvalue weighted by atomic mass is 32.1. The molecule has 0 aliphatic heterocycles. The summed E-state index contributed by atoms with van der Waals surface area (Å²) >= 11 is 1.94. The number of thiophene rings is 1. The van der Waals surface area contributed by atoms with Crippen molar-refractivity contribution in [3.63, 3.8) is 0 Å². The molecule has 1 aromatic heterocycles. The molecule has 1 heterocycles. The molecule has 2 heteroatoms. The van der Waals surface area contributed by atoms with Crippen LogP contribution in [0.4, 0.5) is 0 Å². The Kier molecular flexibility index (Phi) is 3.02. The highest BCUT2D eigenvalue weighted by Gasteiger charge is 2.48. The van der Waals surface area contributed by atoms with Gasteiger partial charge in [0.2, 0.25) is 0 Å². The molecule has 2 aromatic carbocycles. The topological polar surface area (TPSA) is 0 Å². The molecule has 0 spiro atoms. The molecular formula is C21H24SSi. The average Bonchev–Trinajstić information content (AvgIpc) is 2.97. The van der Waals surface area contributed by atoms with E-state index in [1.165, 1.54) is 31.3 Å². The lowest BCUT2D eigenvalue weighted by atomic mass is 9.92. The number of benzene rings is 2. The lowest BCUT2D eigenvalue weighted by Gasteiger charge is -2.40. The Balaban J connectivity index is 2.24. The van der Waals surface area contributed by atoms with Crippen LogP contribution in [0, 0.1) is 0 Å². The second-order valence-electron chi connectivity index (χ2n) is 8.08. The van der Waals surface area contributed by atoms with Gasteiger partial charge in [-0.15, -0.1) is 11.3 Å². The zero-order valence-corrected chi connectivity index (χ0v) is 16.7. The Labute approximate surface area is 143 Å². The van der Waals surface area contributed by atoms with Crippen molar-refractivity contribution >= 4 is 45.2 Å². The van der Waals surface area contributed by atoms with Crippen LogP contribution in [-0.2, 0) is 5.04 Å². The second-order valence-corrected chi connectivity index (χ2v) is 14.7. The van der Waals surface area contributed by atoms with Crippen molar-refractivity contribution in [2.24, 2.45) is 0 Å². The summed E-state index contributed by atoms with van der Waals surface area (Å²) in [6.45, 7) is 14.8. The van der Waals surface area contributed by atoms with Crippen LogP contribution in [0.2, 0.25) is 19.6 Å². The largest absolute Gasteiger partial charge is 0.135 e. The normalized spacial score (nSPS) is 21.5. The van der Waals surface area contributed by atoms with Gasteiger partial charge in [0, 0.05) is 25.2 Å². The fraction of sp³-hybridized carbons (Fsp3) is 0.333. The predicted octanol–water partition coefficient (Wildman–Crippen LogP) is 7.00. The Morgan fingerprint density at radius 1 is 0.913 bits per heavy atom. The predicted molar refractivity (Wildman–Crippen MR) is 108 cm³/mol. The molecule has 0 N–H and O–H groups in total. The summed E-state index contributed by atoms with van der Waals surface area (Å²) in [5.41, 5.74) is 6.20. The minimum absolute atomic E-state index is 0.218. The van der Waals surface area contributed by atoms with Gasteiger partial charge in [0.25, 0.3) is 0 Å². The van der Waals surface area contributed by atoms with Crippen LogP contribution in [0.5, 0.6) is 0 Å². The Hall–Kier alpha value is -1.38. The molecule has 118 valence electrons. The maximum atomic E-state index is 2.52. The van der Waals surface area contributed by atoms with E-state index in [1.807, 2.05) is 11.3 Å². The van der Waals surface area contributed by atoms with Gasteiger partial charge in [0.1, 0.15) is 0 Å². The van der Waals surface area contributed by atoms with Crippen LogP contribution >= 0.6 is 11.3 Å². The molecule has 3 aromatic rings. The van der Waals surface area contributed by atoms with E-state index in [9.17, 15) is 0 Å². The Bertz CT molecular complexity index is 984. The van der Waals surface area contributed by atoms with Gasteiger partial charge in [-0.05, 0) is 42.7 Å². The molecule has 23 heavy (non-hydrogen) atoms. The summed E-state index contributed by atoms with van der Waals surface area (Å²) in [5.74, 6) is 0. The first-order valence-electron chi connectivity index (χ1n) is 8.40. The van der Waals surface area contributed by atoms with Crippen molar-refractivity contribution < 1.29 is 0 Å². The molecule has 1 aliphatic rings. The van der Waals surface area contributed by atoms with E-state index in [1.54, 1.807) is 11.1 Å². The van der Waals surface area contributed by atoms with Crippen molar-refractivity contribution in [1.29, 1.82) is 0 Å². The van der Waals surface area contributed by atoms with Crippen LogP contribution in [0.3, 0.4) is 0 Å². The summed E-state index contributed by atoms with van der Waals surface area (Å²) in [6, 6.07) is 13.6. The summed E-state index contributed by atoms with van der Waals surface area (Å²) in [7, 11) is -1.44. The number of rotatable bonds is 1. The molecule has 0 amide bonds. The highest BCUT2D eigenvalue weighted by Crippen LogP contribution is 2.55. The molecule has 0 radical (unpaired) electrons. The summed E-state index contributed by atoms with van der Waals surface area (Å²) in [6.07, 6.45) is 0. The number of fused-ring (bicyclic) bond motifs is 5. The fourth-order valence-corrected chi connectivity index (χ4v) is 7.79. The minimum Gasteiger partial charge on any atom is -0.135 e. The third-order valence-corrected chi connectivity index (χ3v) is 11.0. The van der Waals surface area contributed by atoms with Crippen molar-refractivity contribution in [3.8, 4) is 0 Å². The lowest BCUT2D eigenvalue weighted by molar-refractivity contribution is 0.780. The first-order chi connectivity index (χ1) is 10.8. The van der Waals surface area contributed by atoms with Crippen molar-refractivity contribution in [2.75, 3.05) is 0 Å². The smallest absolute Gasteiger partial charge is 0.0605 e. The van der Waals surface area contributed by atoms with E-state index < -0.39 is 8.07 Å². The Morgan fingerprint density at radius 3 is 2.30 bits per heavy atom. The summed E-state index contributed by atoms with van der Waals surface area (Å²) in [5, 5.41) is 3.18. The van der Waals surface area contributed by atoms with Crippen molar-refractivity contribution in [3.05, 3.63) is 53.1 Å². The van der Waals surface area contributed by atoms with E-state index in [-0.39, 0.29) is 5.04 Å². The van der Waals surface area contributed by atoms with Gasteiger partial charge >= 0.3 is 0 Å². The standard InChI is InChI=1S/C21H24SSi/c1-13-14(2)21(3,23(4,5)6)20-15(13)11-12-18-19(20)16-9-7-8-10-17(16)22-18/h7-12H,1-6H3. The molecule has 0 fully saturated rings. The maximum Gasteiger partial charge on any atom is 0.0605 e. The summed E-state index contributed by atoms with van der Waals surface area (Å²) < 4.78 is 2.85. The van der Waals surface area contributed by atoms with E-state index >= 15 is 0 Å². The first kappa shape index (κ1) is 15.2. The third-order valence-electron chi connectivity index (χ3n) is 6.26. The number of hydrogen-bond donors (Lipinski definition) is 0. The van der Waals surface area contributed by atoms with Crippen LogP contribution < -0.4 is 0 Å². The monoisotopic (exact) mass is 336 g/mol. The van der Waals surface area contributed by atoms with Gasteiger partial charge in [0.05, 0.1) is 8.07 Å². The fourth-order valence-electron chi connectivity index (χ4n) is 4.35. The van der Waals surface area contributed by atoms with Crippen LogP contribution in [0.15, 0.2) is 42.0 Å². The Morgan fingerprint density at radius 2 is 1.61 bits per heavy atom.